The summed E-state index contributed by atoms with van der Waals surface area (Å²) >= 11 is 0. The Balaban J connectivity index is 1.94. The van der Waals surface area contributed by atoms with E-state index in [2.05, 4.69) is 15.3 Å². The molecule has 3 N–H and O–H groups in total. The van der Waals surface area contributed by atoms with Gasteiger partial charge in [0.05, 0.1) is 38.2 Å². The number of carbonyl (C=O) groups excluding carboxylic acids is 1. The summed E-state index contributed by atoms with van der Waals surface area (Å²) in [6.45, 7) is 1.49. The number of nitrogens with zero attached hydrogens (tertiary/aromatic N) is 2. The molecule has 1 aliphatic rings. The van der Waals surface area contributed by atoms with Crippen LogP contribution in [0.25, 0.3) is 0 Å². The number of aliphatic hydroxyl groups excluding tert-OH is 2. The summed E-state index contributed by atoms with van der Waals surface area (Å²) in [5.74, 6) is -0.342. The van der Waals surface area contributed by atoms with Crippen LogP contribution in [0.3, 0.4) is 0 Å². The van der Waals surface area contributed by atoms with Crippen molar-refractivity contribution in [2.75, 3.05) is 33.5 Å². The van der Waals surface area contributed by atoms with Gasteiger partial charge in [0.2, 0.25) is 0 Å². The van der Waals surface area contributed by atoms with Crippen LogP contribution in [0.5, 0.6) is 0 Å². The summed E-state index contributed by atoms with van der Waals surface area (Å²) in [6.07, 6.45) is 3.43. The quantitative estimate of drug-likeness (QED) is 0.545. The van der Waals surface area contributed by atoms with Crippen LogP contribution < -0.4 is 5.32 Å². The Morgan fingerprint density at radius 1 is 1.35 bits per heavy atom. The van der Waals surface area contributed by atoms with Gasteiger partial charge in [0, 0.05) is 31.5 Å². The summed E-state index contributed by atoms with van der Waals surface area (Å²) in [5.41, 5.74) is -0.285. The second-order valence-corrected chi connectivity index (χ2v) is 5.86. The van der Waals surface area contributed by atoms with Gasteiger partial charge < -0.3 is 25.0 Å². The molecule has 0 radical (unpaired) electrons. The van der Waals surface area contributed by atoms with Gasteiger partial charge in [-0.3, -0.25) is 9.78 Å². The molecule has 1 saturated carbocycles. The van der Waals surface area contributed by atoms with Crippen molar-refractivity contribution in [3.63, 3.8) is 0 Å². The maximum absolute atomic E-state index is 12.1. The fraction of sp³-hybridized carbons (Fsp3) is 0.667. The monoisotopic (exact) mass is 325 g/mol. The summed E-state index contributed by atoms with van der Waals surface area (Å²) in [7, 11) is 1.59. The second-order valence-electron chi connectivity index (χ2n) is 5.86. The predicted molar refractivity (Wildman–Crippen MR) is 80.7 cm³/mol. The molecule has 0 aromatic carbocycles. The Bertz CT molecular complexity index is 489. The third kappa shape index (κ3) is 4.93. The van der Waals surface area contributed by atoms with Crippen molar-refractivity contribution in [1.82, 2.24) is 15.3 Å². The molecule has 23 heavy (non-hydrogen) atoms. The van der Waals surface area contributed by atoms with E-state index < -0.39 is 17.6 Å². The fourth-order valence-electron chi connectivity index (χ4n) is 2.76. The molecule has 0 aliphatic heterocycles. The van der Waals surface area contributed by atoms with Crippen molar-refractivity contribution in [1.29, 1.82) is 0 Å². The van der Waals surface area contributed by atoms with Crippen LogP contribution in [0.4, 0.5) is 0 Å². The molecule has 8 nitrogen and oxygen atoms in total. The van der Waals surface area contributed by atoms with Crippen LogP contribution in [0.1, 0.15) is 23.3 Å². The van der Waals surface area contributed by atoms with Crippen molar-refractivity contribution < 1.29 is 24.5 Å². The van der Waals surface area contributed by atoms with Crippen molar-refractivity contribution in [2.45, 2.75) is 25.0 Å². The average molecular weight is 325 g/mol. The molecular weight excluding hydrogens is 302 g/mol. The van der Waals surface area contributed by atoms with Gasteiger partial charge in [-0.15, -0.1) is 0 Å². The fourth-order valence-corrected chi connectivity index (χ4v) is 2.76. The molecule has 128 valence electrons. The lowest BCUT2D eigenvalue weighted by molar-refractivity contribution is 0.0113. The van der Waals surface area contributed by atoms with Crippen LogP contribution in [0.2, 0.25) is 0 Å². The zero-order valence-electron chi connectivity index (χ0n) is 13.1. The Kier molecular flexibility index (Phi) is 6.40. The number of carbonyl (C=O) groups is 1. The molecule has 1 heterocycles. The highest BCUT2D eigenvalue weighted by molar-refractivity contribution is 5.91. The lowest BCUT2D eigenvalue weighted by atomic mass is 9.86. The Morgan fingerprint density at radius 2 is 2.09 bits per heavy atom. The van der Waals surface area contributed by atoms with Crippen molar-refractivity contribution in [3.8, 4) is 0 Å². The normalized spacial score (nSPS) is 27.1. The van der Waals surface area contributed by atoms with Crippen LogP contribution in [0.15, 0.2) is 18.6 Å². The predicted octanol–water partition coefficient (Wildman–Crippen LogP) is -0.629. The van der Waals surface area contributed by atoms with Gasteiger partial charge in [0.25, 0.3) is 5.91 Å². The molecule has 1 amide bonds. The molecule has 1 aromatic rings. The highest BCUT2D eigenvalue weighted by Gasteiger charge is 2.44. The number of hydrogen-bond donors (Lipinski definition) is 3. The first kappa shape index (κ1) is 17.7. The molecule has 8 heteroatoms. The first-order valence-electron chi connectivity index (χ1n) is 7.53. The number of rotatable bonds is 8. The summed E-state index contributed by atoms with van der Waals surface area (Å²) in [4.78, 5) is 19.9. The summed E-state index contributed by atoms with van der Waals surface area (Å²) in [6, 6.07) is 0. The highest BCUT2D eigenvalue weighted by Crippen LogP contribution is 2.38. The lowest BCUT2D eigenvalue weighted by Crippen LogP contribution is -2.40. The number of nitrogens with one attached hydrogen (secondary N) is 1. The molecule has 3 atom stereocenters. The van der Waals surface area contributed by atoms with Crippen molar-refractivity contribution >= 4 is 5.91 Å². The maximum atomic E-state index is 12.1. The molecule has 2 rings (SSSR count). The first-order chi connectivity index (χ1) is 11.1. The van der Waals surface area contributed by atoms with Gasteiger partial charge in [0.15, 0.2) is 0 Å². The average Bonchev–Trinajstić information content (AvgIpc) is 2.85. The van der Waals surface area contributed by atoms with E-state index in [1.807, 2.05) is 0 Å². The standard InChI is InChI=1S/C15H23N3O5/c1-22-4-5-23-10-15(6-12(19)13(20)7-15)9-18-14(21)11-8-16-2-3-17-11/h2-3,8,12-13,19-20H,4-7,9-10H2,1H3,(H,18,21)/t12-,13+,15?. The third-order valence-electron chi connectivity index (χ3n) is 3.99. The number of aliphatic hydroxyl groups is 2. The summed E-state index contributed by atoms with van der Waals surface area (Å²) < 4.78 is 10.5. The minimum absolute atomic E-state index is 0.224. The second kappa shape index (κ2) is 8.30. The van der Waals surface area contributed by atoms with Gasteiger partial charge in [-0.05, 0) is 12.8 Å². The number of ether oxygens (including phenoxy) is 2. The first-order valence-corrected chi connectivity index (χ1v) is 7.53. The van der Waals surface area contributed by atoms with E-state index in [0.29, 0.717) is 32.7 Å². The molecule has 0 bridgehead atoms. The number of aromatic nitrogens is 2. The van der Waals surface area contributed by atoms with E-state index in [1.165, 1.54) is 18.6 Å². The Hall–Kier alpha value is -1.61. The van der Waals surface area contributed by atoms with Gasteiger partial charge >= 0.3 is 0 Å². The Labute approximate surface area is 134 Å². The highest BCUT2D eigenvalue weighted by atomic mass is 16.5. The van der Waals surface area contributed by atoms with Crippen LogP contribution in [0, 0.1) is 5.41 Å². The van der Waals surface area contributed by atoms with Crippen LogP contribution in [-0.2, 0) is 9.47 Å². The van der Waals surface area contributed by atoms with E-state index in [9.17, 15) is 15.0 Å². The zero-order valence-corrected chi connectivity index (χ0v) is 13.1. The van der Waals surface area contributed by atoms with E-state index in [1.54, 1.807) is 7.11 Å². The van der Waals surface area contributed by atoms with Gasteiger partial charge in [-0.1, -0.05) is 0 Å². The topological polar surface area (TPSA) is 114 Å². The van der Waals surface area contributed by atoms with Crippen LogP contribution in [-0.4, -0.2) is 71.8 Å². The largest absolute Gasteiger partial charge is 0.390 e. The lowest BCUT2D eigenvalue weighted by Gasteiger charge is -2.29. The molecule has 1 fully saturated rings. The van der Waals surface area contributed by atoms with E-state index in [-0.39, 0.29) is 18.1 Å². The summed E-state index contributed by atoms with van der Waals surface area (Å²) in [5, 5.41) is 22.5. The van der Waals surface area contributed by atoms with E-state index in [4.69, 9.17) is 9.47 Å². The molecule has 1 aliphatic carbocycles. The van der Waals surface area contributed by atoms with Crippen molar-refractivity contribution in [2.24, 2.45) is 5.41 Å². The number of hydrogen-bond acceptors (Lipinski definition) is 7. The molecule has 1 unspecified atom stereocenters. The molecule has 0 saturated heterocycles. The van der Waals surface area contributed by atoms with Gasteiger partial charge in [0.1, 0.15) is 5.69 Å². The van der Waals surface area contributed by atoms with Crippen molar-refractivity contribution in [3.05, 3.63) is 24.3 Å². The van der Waals surface area contributed by atoms with Crippen LogP contribution >= 0.6 is 0 Å². The Morgan fingerprint density at radius 3 is 2.70 bits per heavy atom. The number of amides is 1. The molecule has 0 spiro atoms. The third-order valence-corrected chi connectivity index (χ3v) is 3.99. The van der Waals surface area contributed by atoms with Gasteiger partial charge in [-0.2, -0.15) is 0 Å². The van der Waals surface area contributed by atoms with E-state index in [0.717, 1.165) is 0 Å². The zero-order chi connectivity index (χ0) is 16.7. The smallest absolute Gasteiger partial charge is 0.271 e. The number of methoxy groups -OCH3 is 1. The molecule has 1 aromatic heterocycles. The SMILES string of the molecule is COCCOCC1(CNC(=O)c2cnccn2)C[C@@H](O)[C@@H](O)C1. The maximum Gasteiger partial charge on any atom is 0.271 e. The minimum Gasteiger partial charge on any atom is -0.390 e. The van der Waals surface area contributed by atoms with E-state index >= 15 is 0 Å². The van der Waals surface area contributed by atoms with Gasteiger partial charge in [-0.25, -0.2) is 4.98 Å². The molecular formula is C15H23N3O5. The minimum atomic E-state index is -0.811.